The molecule has 1 aromatic carbocycles. The number of hydrogen-bond donors (Lipinski definition) is 0. The van der Waals surface area contributed by atoms with Crippen LogP contribution < -0.4 is 0 Å². The van der Waals surface area contributed by atoms with Crippen LogP contribution in [0.1, 0.15) is 27.8 Å². The third-order valence-electron chi connectivity index (χ3n) is 2.81. The summed E-state index contributed by atoms with van der Waals surface area (Å²) in [7, 11) is 15.0. The number of hydrogen-bond acceptors (Lipinski definition) is 0. The maximum absolute atomic E-state index is 7.50. The van der Waals surface area contributed by atoms with Gasteiger partial charge >= 0.3 is 64.2 Å². The van der Waals surface area contributed by atoms with E-state index in [9.17, 15) is 0 Å². The van der Waals surface area contributed by atoms with E-state index >= 15 is 0 Å². The molecule has 0 aliphatic heterocycles. The number of halogens is 3. The van der Waals surface area contributed by atoms with Gasteiger partial charge in [0, 0.05) is 41.1 Å². The van der Waals surface area contributed by atoms with Crippen molar-refractivity contribution in [2.24, 2.45) is 0 Å². The van der Waals surface area contributed by atoms with E-state index < -0.39 is 11.6 Å². The topological polar surface area (TPSA) is 39.8 Å². The molecule has 23 heavy (non-hydrogen) atoms. The first-order chi connectivity index (χ1) is 10.0. The monoisotopic (exact) mass is 631 g/mol. The van der Waals surface area contributed by atoms with Crippen molar-refractivity contribution in [2.45, 2.75) is 34.6 Å². The molecule has 0 saturated carbocycles. The molecule has 0 saturated heterocycles. The van der Waals surface area contributed by atoms with E-state index in [-0.39, 0.29) is 29.0 Å². The fourth-order valence-corrected chi connectivity index (χ4v) is 1.41. The molecule has 0 heterocycles. The second-order valence-corrected chi connectivity index (χ2v) is 17.6. The van der Waals surface area contributed by atoms with Crippen LogP contribution in [0.5, 0.6) is 0 Å². The maximum Gasteiger partial charge on any atom is 0 e. The molecular formula is C15H25Cl3GeO2PW. The predicted molar refractivity (Wildman–Crippen MR) is 103 cm³/mol. The van der Waals surface area contributed by atoms with E-state index in [1.807, 2.05) is 0 Å². The summed E-state index contributed by atoms with van der Waals surface area (Å²) >= 11 is -1.92. The Balaban J connectivity index is -0.0000000708. The van der Waals surface area contributed by atoms with Gasteiger partial charge in [-0.3, -0.25) is 0 Å². The van der Waals surface area contributed by atoms with Crippen LogP contribution in [-0.2, 0) is 30.4 Å². The Bertz CT molecular complexity index is 336. The molecule has 0 fully saturated rings. The van der Waals surface area contributed by atoms with E-state index in [1.54, 1.807) is 0 Å². The smallest absolute Gasteiger partial charge is 0 e. The molecule has 133 valence electrons. The van der Waals surface area contributed by atoms with Crippen molar-refractivity contribution in [3.63, 3.8) is 0 Å². The molecule has 1 radical (unpaired) electrons. The van der Waals surface area contributed by atoms with Gasteiger partial charge in [-0.1, -0.05) is 34.6 Å². The van der Waals surface area contributed by atoms with Crippen molar-refractivity contribution in [1.82, 2.24) is 0 Å². The molecule has 1 aromatic rings. The Morgan fingerprint density at radius 1 is 0.826 bits per heavy atom. The van der Waals surface area contributed by atoms with Crippen LogP contribution in [0.15, 0.2) is 0 Å². The van der Waals surface area contributed by atoms with Crippen LogP contribution in [0.2, 0.25) is 0 Å². The Morgan fingerprint density at radius 3 is 1.00 bits per heavy atom. The zero-order chi connectivity index (χ0) is 19.0. The van der Waals surface area contributed by atoms with Crippen LogP contribution in [0.4, 0.5) is 0 Å². The maximum atomic E-state index is 7.50. The van der Waals surface area contributed by atoms with Crippen molar-refractivity contribution < 1.29 is 30.4 Å². The Hall–Kier alpha value is 1.36. The van der Waals surface area contributed by atoms with E-state index in [0.29, 0.717) is 0 Å². The molecule has 0 amide bonds. The quantitative estimate of drug-likeness (QED) is 0.154. The van der Waals surface area contributed by atoms with E-state index in [2.05, 4.69) is 67.9 Å². The van der Waals surface area contributed by atoms with Gasteiger partial charge in [0.15, 0.2) is 0 Å². The van der Waals surface area contributed by atoms with Crippen LogP contribution in [-0.4, -0.2) is 31.6 Å². The predicted octanol–water partition coefficient (Wildman–Crippen LogP) is 5.65. The van der Waals surface area contributed by atoms with Gasteiger partial charge in [-0.15, -0.1) is 0 Å². The van der Waals surface area contributed by atoms with Gasteiger partial charge in [0.1, 0.15) is 0 Å². The summed E-state index contributed by atoms with van der Waals surface area (Å²) in [5.74, 6) is 0. The molecule has 0 spiro atoms. The minimum absolute atomic E-state index is 0. The van der Waals surface area contributed by atoms with Gasteiger partial charge in [0.25, 0.3) is 0 Å². The van der Waals surface area contributed by atoms with E-state index in [4.69, 9.17) is 39.3 Å². The molecule has 0 N–H and O–H groups in total. The molecule has 2 nitrogen and oxygen atoms in total. The van der Waals surface area contributed by atoms with E-state index in [1.165, 1.54) is 27.8 Å². The fourth-order valence-electron chi connectivity index (χ4n) is 1.41. The molecule has 0 aliphatic carbocycles. The molecule has 0 unspecified atom stereocenters. The van der Waals surface area contributed by atoms with Crippen molar-refractivity contribution in [3.8, 4) is 0 Å². The van der Waals surface area contributed by atoms with Crippen molar-refractivity contribution in [2.75, 3.05) is 20.0 Å². The minimum atomic E-state index is -1.92. The third kappa shape index (κ3) is 23.4. The first kappa shape index (κ1) is 35.5. The van der Waals surface area contributed by atoms with Gasteiger partial charge in [-0.05, 0) is 7.92 Å². The average Bonchev–Trinajstić information content (AvgIpc) is 2.60. The van der Waals surface area contributed by atoms with E-state index in [0.717, 1.165) is 0 Å². The fraction of sp³-hybridized carbons (Fsp3) is 0.533. The molecule has 0 aliphatic rings. The number of rotatable bonds is 0. The Labute approximate surface area is 174 Å². The summed E-state index contributed by atoms with van der Waals surface area (Å²) in [4.78, 5) is 0. The largest absolute Gasteiger partial charge is 0 e. The molecule has 1 rings (SSSR count). The zero-order valence-corrected chi connectivity index (χ0v) is 23.2. The summed E-state index contributed by atoms with van der Waals surface area (Å²) < 4.78 is 15.0. The van der Waals surface area contributed by atoms with Crippen LogP contribution in [0, 0.1) is 47.9 Å². The average molecular weight is 631 g/mol. The normalized spacial score (nSPS) is 7.87. The minimum Gasteiger partial charge on any atom is 0 e. The molecule has 0 aromatic heterocycles. The standard InChI is InChI=1S/C10H15.C3H9P.2CO.Cl3Ge.W/c1-6-7(2)9(4)10(5)8(6)3;1-4(2)3;2*1-2;1-4(2)3;/h1-5H3;1-3H3;;;;/q-1;;;;;/p+1. The molecule has 0 bridgehead atoms. The second kappa shape index (κ2) is 23.4. The van der Waals surface area contributed by atoms with Crippen LogP contribution in [0.25, 0.3) is 0 Å². The Kier molecular flexibility index (Phi) is 36.0. The van der Waals surface area contributed by atoms with Gasteiger partial charge in [0.05, 0.1) is 0 Å². The van der Waals surface area contributed by atoms with Gasteiger partial charge < -0.3 is 0 Å². The summed E-state index contributed by atoms with van der Waals surface area (Å²) in [5.41, 5.74) is 7.34. The zero-order valence-electron chi connectivity index (χ0n) is 14.9. The van der Waals surface area contributed by atoms with Gasteiger partial charge in [-0.25, -0.2) is 0 Å². The summed E-state index contributed by atoms with van der Waals surface area (Å²) in [6.45, 7) is 26.8. The first-order valence-corrected chi connectivity index (χ1v) is 17.5. The van der Waals surface area contributed by atoms with Crippen molar-refractivity contribution in [3.05, 3.63) is 41.1 Å². The Morgan fingerprint density at radius 2 is 0.957 bits per heavy atom. The SMILES string of the molecule is C[PH+](C)C.Cc1c(C)c(C)[c-](C)c1C.[C-]#[O+].[C-]#[O+].[Cl][Ge]([Cl])[Cl].[W]. The molecule has 8 heteroatoms. The van der Waals surface area contributed by atoms with Gasteiger partial charge in [-0.2, -0.15) is 27.8 Å². The summed E-state index contributed by atoms with van der Waals surface area (Å²) in [6.07, 6.45) is 0. The first-order valence-electron chi connectivity index (χ1n) is 6.23. The summed E-state index contributed by atoms with van der Waals surface area (Å²) in [6, 6.07) is 0. The summed E-state index contributed by atoms with van der Waals surface area (Å²) in [5, 5.41) is 0. The molecule has 0 atom stereocenters. The van der Waals surface area contributed by atoms with Crippen molar-refractivity contribution in [1.29, 1.82) is 0 Å². The molecular weight excluding hydrogens is 606 g/mol. The third-order valence-corrected chi connectivity index (χ3v) is 2.81. The van der Waals surface area contributed by atoms with Crippen LogP contribution in [0.3, 0.4) is 0 Å². The van der Waals surface area contributed by atoms with Crippen LogP contribution >= 0.6 is 38.0 Å². The second-order valence-electron chi connectivity index (χ2n) is 4.84. The van der Waals surface area contributed by atoms with Crippen molar-refractivity contribution >= 4 is 49.5 Å². The van der Waals surface area contributed by atoms with Gasteiger partial charge in [0.2, 0.25) is 0 Å².